The zero-order valence-electron chi connectivity index (χ0n) is 12.4. The lowest BCUT2D eigenvalue weighted by molar-refractivity contribution is 0.398. The fourth-order valence-electron chi connectivity index (χ4n) is 3.56. The first-order valence-corrected chi connectivity index (χ1v) is 7.89. The third-order valence-electron chi connectivity index (χ3n) is 4.78. The number of para-hydroxylation sites is 1. The van der Waals surface area contributed by atoms with E-state index in [1.165, 1.54) is 40.7 Å². The molecular formula is C19H19BO. The summed E-state index contributed by atoms with van der Waals surface area (Å²) >= 11 is 0. The van der Waals surface area contributed by atoms with Gasteiger partial charge in [0.1, 0.15) is 5.75 Å². The molecule has 0 aromatic heterocycles. The molecule has 1 nitrogen and oxygen atoms in total. The fourth-order valence-corrected chi connectivity index (χ4v) is 3.56. The molecule has 1 aliphatic heterocycles. The summed E-state index contributed by atoms with van der Waals surface area (Å²) in [5.41, 5.74) is 5.71. The molecule has 1 aromatic rings. The number of hydrogen-bond acceptors (Lipinski definition) is 1. The topological polar surface area (TPSA) is 9.23 Å². The monoisotopic (exact) mass is 274 g/mol. The molecule has 2 heteroatoms. The van der Waals surface area contributed by atoms with Crippen molar-refractivity contribution >= 4 is 12.2 Å². The van der Waals surface area contributed by atoms with Crippen molar-refractivity contribution < 1.29 is 4.74 Å². The lowest BCUT2D eigenvalue weighted by atomic mass is 9.40. The maximum atomic E-state index is 6.14. The number of rotatable bonds is 1. The quantitative estimate of drug-likeness (QED) is 0.697. The fraction of sp³-hybridized carbons (Fsp3) is 0.263. The molecule has 0 bridgehead atoms. The molecule has 21 heavy (non-hydrogen) atoms. The molecule has 0 N–H and O–H groups in total. The average Bonchev–Trinajstić information content (AvgIpc) is 2.56. The van der Waals surface area contributed by atoms with Crippen LogP contribution in [0.15, 0.2) is 70.9 Å². The second-order valence-electron chi connectivity index (χ2n) is 6.07. The van der Waals surface area contributed by atoms with Crippen LogP contribution in [0.25, 0.3) is 0 Å². The third kappa shape index (κ3) is 2.19. The predicted molar refractivity (Wildman–Crippen MR) is 89.1 cm³/mol. The standard InChI is InChI=1S/C19H19BO/c1-20-16-9-5-6-10-18(16)21-19-12-11-15(13-17(19)20)14-7-3-2-4-8-14/h2-3,5-7,9-10,13H,4,8,11-12H2,1H3. The molecule has 0 atom stereocenters. The highest BCUT2D eigenvalue weighted by Crippen LogP contribution is 2.35. The Morgan fingerprint density at radius 2 is 1.95 bits per heavy atom. The highest BCUT2D eigenvalue weighted by atomic mass is 16.5. The van der Waals surface area contributed by atoms with Gasteiger partial charge in [-0.3, -0.25) is 0 Å². The van der Waals surface area contributed by atoms with Gasteiger partial charge < -0.3 is 4.74 Å². The summed E-state index contributed by atoms with van der Waals surface area (Å²) in [5, 5.41) is 0. The zero-order chi connectivity index (χ0) is 14.2. The molecule has 0 unspecified atom stereocenters. The number of ether oxygens (including phenoxy) is 1. The Morgan fingerprint density at radius 3 is 2.81 bits per heavy atom. The van der Waals surface area contributed by atoms with Crippen molar-refractivity contribution in [1.29, 1.82) is 0 Å². The van der Waals surface area contributed by atoms with Gasteiger partial charge in [0.2, 0.25) is 6.71 Å². The van der Waals surface area contributed by atoms with Crippen molar-refractivity contribution in [2.45, 2.75) is 32.5 Å². The largest absolute Gasteiger partial charge is 0.463 e. The summed E-state index contributed by atoms with van der Waals surface area (Å²) in [6, 6.07) is 8.43. The van der Waals surface area contributed by atoms with Gasteiger partial charge in [-0.1, -0.05) is 49.3 Å². The van der Waals surface area contributed by atoms with Gasteiger partial charge in [-0.05, 0) is 47.4 Å². The van der Waals surface area contributed by atoms with Crippen LogP contribution in [0.3, 0.4) is 0 Å². The lowest BCUT2D eigenvalue weighted by Crippen LogP contribution is -2.36. The van der Waals surface area contributed by atoms with Gasteiger partial charge in [-0.25, -0.2) is 0 Å². The maximum absolute atomic E-state index is 6.14. The summed E-state index contributed by atoms with van der Waals surface area (Å²) in [6.45, 7) is 2.73. The van der Waals surface area contributed by atoms with Gasteiger partial charge in [-0.15, -0.1) is 0 Å². The third-order valence-corrected chi connectivity index (χ3v) is 4.78. The van der Waals surface area contributed by atoms with Crippen molar-refractivity contribution in [3.8, 4) is 5.75 Å². The number of benzene rings is 1. The molecule has 0 fully saturated rings. The second-order valence-corrected chi connectivity index (χ2v) is 6.07. The van der Waals surface area contributed by atoms with E-state index in [1.807, 2.05) is 0 Å². The van der Waals surface area contributed by atoms with Crippen LogP contribution in [-0.2, 0) is 0 Å². The van der Waals surface area contributed by atoms with E-state index in [0.717, 1.165) is 18.6 Å². The van der Waals surface area contributed by atoms with Gasteiger partial charge >= 0.3 is 0 Å². The molecular weight excluding hydrogens is 255 g/mol. The molecule has 0 saturated carbocycles. The van der Waals surface area contributed by atoms with Gasteiger partial charge in [0.15, 0.2) is 0 Å². The van der Waals surface area contributed by atoms with E-state index >= 15 is 0 Å². The molecule has 0 saturated heterocycles. The Labute approximate surface area is 126 Å². The first-order valence-electron chi connectivity index (χ1n) is 7.89. The smallest absolute Gasteiger partial charge is 0.215 e. The van der Waals surface area contributed by atoms with Gasteiger partial charge in [0.25, 0.3) is 0 Å². The summed E-state index contributed by atoms with van der Waals surface area (Å²) in [7, 11) is 0. The first kappa shape index (κ1) is 12.8. The Morgan fingerprint density at radius 1 is 1.05 bits per heavy atom. The van der Waals surface area contributed by atoms with Crippen LogP contribution in [0.4, 0.5) is 0 Å². The van der Waals surface area contributed by atoms with Crippen molar-refractivity contribution in [2.24, 2.45) is 0 Å². The van der Waals surface area contributed by atoms with Crippen LogP contribution in [0, 0.1) is 0 Å². The number of fused-ring (bicyclic) bond motifs is 1. The highest BCUT2D eigenvalue weighted by Gasteiger charge is 2.30. The maximum Gasteiger partial charge on any atom is 0.215 e. The molecule has 4 rings (SSSR count). The van der Waals surface area contributed by atoms with E-state index in [0.29, 0.717) is 6.71 Å². The molecule has 0 amide bonds. The average molecular weight is 274 g/mol. The van der Waals surface area contributed by atoms with E-state index in [4.69, 9.17) is 4.74 Å². The number of hydrogen-bond donors (Lipinski definition) is 0. The number of allylic oxidation sites excluding steroid dienone is 8. The van der Waals surface area contributed by atoms with Crippen LogP contribution in [0.1, 0.15) is 25.7 Å². The van der Waals surface area contributed by atoms with Crippen LogP contribution in [0.5, 0.6) is 5.75 Å². The summed E-state index contributed by atoms with van der Waals surface area (Å²) in [6.07, 6.45) is 13.6. The second kappa shape index (κ2) is 5.11. The predicted octanol–water partition coefficient (Wildman–Crippen LogP) is 4.20. The Kier molecular flexibility index (Phi) is 3.10. The van der Waals surface area contributed by atoms with E-state index in [9.17, 15) is 0 Å². The first-order chi connectivity index (χ1) is 10.3. The van der Waals surface area contributed by atoms with E-state index in [1.54, 1.807) is 0 Å². The van der Waals surface area contributed by atoms with Gasteiger partial charge in [0, 0.05) is 6.42 Å². The molecule has 0 radical (unpaired) electrons. The van der Waals surface area contributed by atoms with Crippen LogP contribution < -0.4 is 10.2 Å². The molecule has 2 aliphatic carbocycles. The van der Waals surface area contributed by atoms with Gasteiger partial charge in [0.05, 0.1) is 5.76 Å². The zero-order valence-corrected chi connectivity index (χ0v) is 12.4. The van der Waals surface area contributed by atoms with Crippen molar-refractivity contribution in [3.05, 3.63) is 70.9 Å². The molecule has 3 aliphatic rings. The lowest BCUT2D eigenvalue weighted by Gasteiger charge is -2.30. The SMILES string of the molecule is CB1C2=C(CCC(C3=CC=CCC3)=C2)Oc2ccccc21. The summed E-state index contributed by atoms with van der Waals surface area (Å²) in [4.78, 5) is 0. The minimum atomic E-state index is 0.431. The van der Waals surface area contributed by atoms with Crippen LogP contribution >= 0.6 is 0 Å². The Hall–Kier alpha value is -1.96. The van der Waals surface area contributed by atoms with E-state index in [-0.39, 0.29) is 0 Å². The van der Waals surface area contributed by atoms with Crippen molar-refractivity contribution in [2.75, 3.05) is 0 Å². The van der Waals surface area contributed by atoms with E-state index in [2.05, 4.69) is 55.4 Å². The minimum absolute atomic E-state index is 0.431. The summed E-state index contributed by atoms with van der Waals surface area (Å²) < 4.78 is 6.14. The van der Waals surface area contributed by atoms with Gasteiger partial charge in [-0.2, -0.15) is 0 Å². The molecule has 104 valence electrons. The molecule has 0 spiro atoms. The van der Waals surface area contributed by atoms with Crippen molar-refractivity contribution in [1.82, 2.24) is 0 Å². The molecule has 1 heterocycles. The highest BCUT2D eigenvalue weighted by molar-refractivity contribution is 6.80. The normalized spacial score (nSPS) is 20.3. The Balaban J connectivity index is 1.72. The summed E-state index contributed by atoms with van der Waals surface area (Å²) in [5.74, 6) is 2.22. The molecule has 1 aromatic carbocycles. The minimum Gasteiger partial charge on any atom is -0.463 e. The van der Waals surface area contributed by atoms with E-state index < -0.39 is 0 Å². The van der Waals surface area contributed by atoms with Crippen LogP contribution in [-0.4, -0.2) is 6.71 Å². The van der Waals surface area contributed by atoms with Crippen molar-refractivity contribution in [3.63, 3.8) is 0 Å². The Bertz CT molecular complexity index is 706. The van der Waals surface area contributed by atoms with Crippen LogP contribution in [0.2, 0.25) is 6.82 Å².